The third-order valence-corrected chi connectivity index (χ3v) is 6.04. The number of amides is 1. The molecular formula is C22H17N5O5S. The number of carbonyl (C=O) groups is 2. The quantitative estimate of drug-likeness (QED) is 0.386. The number of hydrogen-bond donors (Lipinski definition) is 1. The van der Waals surface area contributed by atoms with E-state index in [-0.39, 0.29) is 30.2 Å². The number of thiophene rings is 1. The number of fused-ring (bicyclic) bond motifs is 3. The van der Waals surface area contributed by atoms with E-state index < -0.39 is 11.6 Å². The van der Waals surface area contributed by atoms with Gasteiger partial charge in [-0.2, -0.15) is 0 Å². The number of furan rings is 1. The molecule has 11 heteroatoms. The summed E-state index contributed by atoms with van der Waals surface area (Å²) >= 11 is 1.23. The second-order valence-electron chi connectivity index (χ2n) is 7.36. The molecule has 0 saturated carbocycles. The fourth-order valence-corrected chi connectivity index (χ4v) is 4.39. The van der Waals surface area contributed by atoms with Gasteiger partial charge in [-0.15, -0.1) is 16.4 Å². The predicted molar refractivity (Wildman–Crippen MR) is 122 cm³/mol. The Morgan fingerprint density at radius 2 is 1.91 bits per heavy atom. The van der Waals surface area contributed by atoms with Crippen LogP contribution in [0.15, 0.2) is 68.1 Å². The predicted octanol–water partition coefficient (Wildman–Crippen LogP) is 2.36. The van der Waals surface area contributed by atoms with Crippen molar-refractivity contribution < 1.29 is 14.0 Å². The van der Waals surface area contributed by atoms with Gasteiger partial charge in [0.05, 0.1) is 18.3 Å². The van der Waals surface area contributed by atoms with Crippen molar-refractivity contribution in [2.24, 2.45) is 0 Å². The van der Waals surface area contributed by atoms with E-state index in [9.17, 15) is 19.2 Å². The van der Waals surface area contributed by atoms with Crippen molar-refractivity contribution >= 4 is 44.7 Å². The monoisotopic (exact) mass is 463 g/mol. The molecule has 0 aliphatic heterocycles. The van der Waals surface area contributed by atoms with Crippen LogP contribution in [0.25, 0.3) is 16.0 Å². The van der Waals surface area contributed by atoms with Gasteiger partial charge in [-0.3, -0.25) is 19.0 Å². The van der Waals surface area contributed by atoms with Gasteiger partial charge in [-0.1, -0.05) is 0 Å². The van der Waals surface area contributed by atoms with E-state index in [1.165, 1.54) is 33.5 Å². The van der Waals surface area contributed by atoms with Crippen LogP contribution < -0.4 is 16.6 Å². The zero-order valence-electron chi connectivity index (χ0n) is 17.3. The van der Waals surface area contributed by atoms with Crippen molar-refractivity contribution in [3.05, 3.63) is 86.3 Å². The molecule has 0 fully saturated rings. The van der Waals surface area contributed by atoms with Crippen LogP contribution in [0.4, 0.5) is 5.69 Å². The summed E-state index contributed by atoms with van der Waals surface area (Å²) in [6, 6.07) is 11.5. The number of aromatic nitrogens is 4. The molecular weight excluding hydrogens is 446 g/mol. The number of nitrogens with one attached hydrogen (secondary N) is 1. The Kier molecular flexibility index (Phi) is 5.02. The average molecular weight is 463 g/mol. The highest BCUT2D eigenvalue weighted by atomic mass is 32.1. The second kappa shape index (κ2) is 8.02. The fourth-order valence-electron chi connectivity index (χ4n) is 3.56. The van der Waals surface area contributed by atoms with Gasteiger partial charge in [-0.25, -0.2) is 13.9 Å². The summed E-state index contributed by atoms with van der Waals surface area (Å²) in [7, 11) is 0. The number of Topliss-reactive ketones (excluding diaryl/α,β-unsaturated/α-hetero) is 1. The number of anilines is 1. The minimum atomic E-state index is -0.538. The maximum absolute atomic E-state index is 13.1. The Labute approximate surface area is 189 Å². The van der Waals surface area contributed by atoms with Gasteiger partial charge in [-0.05, 0) is 54.8 Å². The van der Waals surface area contributed by atoms with E-state index in [0.29, 0.717) is 27.2 Å². The molecule has 166 valence electrons. The maximum Gasteiger partial charge on any atom is 0.352 e. The molecule has 0 unspecified atom stereocenters. The second-order valence-corrected chi connectivity index (χ2v) is 8.28. The van der Waals surface area contributed by atoms with Gasteiger partial charge in [0.1, 0.15) is 17.0 Å². The largest absolute Gasteiger partial charge is 0.467 e. The fraction of sp³-hybridized carbons (Fsp3) is 0.136. The normalized spacial score (nSPS) is 11.3. The third kappa shape index (κ3) is 3.68. The van der Waals surface area contributed by atoms with Gasteiger partial charge in [0.25, 0.3) is 5.56 Å². The van der Waals surface area contributed by atoms with Crippen LogP contribution in [0.5, 0.6) is 0 Å². The standard InChI is InChI=1S/C22H17N5O5S/c1-13(28)14-4-6-15(7-5-14)23-18(29)12-26-22(31)27-17-8-10-33-19(17)20(30)25(21(27)24-26)11-16-3-2-9-32-16/h2-10H,11-12H2,1H3,(H,23,29). The van der Waals surface area contributed by atoms with Crippen molar-refractivity contribution in [3.8, 4) is 0 Å². The third-order valence-electron chi connectivity index (χ3n) is 5.15. The first kappa shape index (κ1) is 20.6. The highest BCUT2D eigenvalue weighted by Gasteiger charge is 2.20. The van der Waals surface area contributed by atoms with Gasteiger partial charge < -0.3 is 9.73 Å². The van der Waals surface area contributed by atoms with Crippen molar-refractivity contribution in [1.29, 1.82) is 0 Å². The molecule has 0 spiro atoms. The molecule has 33 heavy (non-hydrogen) atoms. The zero-order valence-corrected chi connectivity index (χ0v) is 18.2. The molecule has 0 radical (unpaired) electrons. The van der Waals surface area contributed by atoms with Gasteiger partial charge in [0, 0.05) is 11.3 Å². The molecule has 0 aliphatic carbocycles. The molecule has 0 saturated heterocycles. The molecule has 5 rings (SSSR count). The molecule has 1 N–H and O–H groups in total. The van der Waals surface area contributed by atoms with Gasteiger partial charge in [0.2, 0.25) is 11.7 Å². The smallest absolute Gasteiger partial charge is 0.352 e. The Bertz CT molecular complexity index is 1620. The van der Waals surface area contributed by atoms with Crippen LogP contribution in [0.2, 0.25) is 0 Å². The molecule has 4 heterocycles. The summed E-state index contributed by atoms with van der Waals surface area (Å²) in [5, 5.41) is 8.70. The van der Waals surface area contributed by atoms with Crippen LogP contribution in [0, 0.1) is 0 Å². The van der Waals surface area contributed by atoms with Crippen LogP contribution in [0.1, 0.15) is 23.0 Å². The SMILES string of the molecule is CC(=O)c1ccc(NC(=O)Cn2nc3n(Cc4ccco4)c(=O)c4sccc4n3c2=O)cc1. The van der Waals surface area contributed by atoms with Crippen molar-refractivity contribution in [2.45, 2.75) is 20.0 Å². The summed E-state index contributed by atoms with van der Waals surface area (Å²) in [6.45, 7) is 1.20. The van der Waals surface area contributed by atoms with Gasteiger partial charge >= 0.3 is 5.69 Å². The number of benzene rings is 1. The Morgan fingerprint density at radius 3 is 2.61 bits per heavy atom. The minimum Gasteiger partial charge on any atom is -0.467 e. The van der Waals surface area contributed by atoms with E-state index >= 15 is 0 Å². The molecule has 1 amide bonds. The summed E-state index contributed by atoms with van der Waals surface area (Å²) < 4.78 is 9.47. The minimum absolute atomic E-state index is 0.0792. The molecule has 10 nitrogen and oxygen atoms in total. The summed E-state index contributed by atoms with van der Waals surface area (Å²) in [4.78, 5) is 50.2. The van der Waals surface area contributed by atoms with E-state index in [2.05, 4.69) is 10.4 Å². The summed E-state index contributed by atoms with van der Waals surface area (Å²) in [5.74, 6) is 0.0941. The topological polar surface area (TPSA) is 121 Å². The lowest BCUT2D eigenvalue weighted by molar-refractivity contribution is -0.117. The van der Waals surface area contributed by atoms with Crippen LogP contribution in [0.3, 0.4) is 0 Å². The van der Waals surface area contributed by atoms with Crippen LogP contribution in [-0.2, 0) is 17.9 Å². The van der Waals surface area contributed by atoms with Crippen molar-refractivity contribution in [1.82, 2.24) is 18.7 Å². The first-order valence-corrected chi connectivity index (χ1v) is 10.8. The number of rotatable bonds is 6. The lowest BCUT2D eigenvalue weighted by Crippen LogP contribution is -2.29. The van der Waals surface area contributed by atoms with Crippen molar-refractivity contribution in [3.63, 3.8) is 0 Å². The zero-order chi connectivity index (χ0) is 23.1. The number of nitrogens with zero attached hydrogens (tertiary/aromatic N) is 4. The first-order chi connectivity index (χ1) is 15.9. The number of ketones is 1. The highest BCUT2D eigenvalue weighted by molar-refractivity contribution is 7.17. The van der Waals surface area contributed by atoms with Gasteiger partial charge in [0.15, 0.2) is 5.78 Å². The Morgan fingerprint density at radius 1 is 1.12 bits per heavy atom. The molecule has 0 atom stereocenters. The molecule has 0 aliphatic rings. The molecule has 4 aromatic heterocycles. The maximum atomic E-state index is 13.1. The number of carbonyl (C=O) groups excluding carboxylic acids is 2. The Hall–Kier alpha value is -4.25. The summed E-state index contributed by atoms with van der Waals surface area (Å²) in [6.07, 6.45) is 1.50. The number of hydrogen-bond acceptors (Lipinski definition) is 7. The van der Waals surface area contributed by atoms with Crippen molar-refractivity contribution in [2.75, 3.05) is 5.32 Å². The molecule has 1 aromatic carbocycles. The average Bonchev–Trinajstić information content (AvgIpc) is 3.53. The summed E-state index contributed by atoms with van der Waals surface area (Å²) in [5.41, 5.74) is 0.613. The van der Waals surface area contributed by atoms with E-state index in [1.807, 2.05) is 0 Å². The van der Waals surface area contributed by atoms with E-state index in [0.717, 1.165) is 4.68 Å². The molecule has 0 bridgehead atoms. The molecule has 5 aromatic rings. The lowest BCUT2D eigenvalue weighted by atomic mass is 10.1. The highest BCUT2D eigenvalue weighted by Crippen LogP contribution is 2.18. The van der Waals surface area contributed by atoms with E-state index in [4.69, 9.17) is 4.42 Å². The van der Waals surface area contributed by atoms with E-state index in [1.54, 1.807) is 47.8 Å². The van der Waals surface area contributed by atoms with Crippen LogP contribution >= 0.6 is 11.3 Å². The first-order valence-electron chi connectivity index (χ1n) is 9.95. The lowest BCUT2D eigenvalue weighted by Gasteiger charge is -2.06. The van der Waals surface area contributed by atoms with Crippen LogP contribution in [-0.4, -0.2) is 30.4 Å². The Balaban J connectivity index is 1.52.